The van der Waals surface area contributed by atoms with E-state index >= 15 is 0 Å². The molecule has 1 amide bonds. The quantitative estimate of drug-likeness (QED) is 0.863. The molecule has 0 radical (unpaired) electrons. The van der Waals surface area contributed by atoms with E-state index in [0.29, 0.717) is 12.1 Å². The van der Waals surface area contributed by atoms with Crippen LogP contribution in [0.3, 0.4) is 0 Å². The number of carbonyl (C=O) groups excluding carboxylic acids is 1. The van der Waals surface area contributed by atoms with E-state index in [-0.39, 0.29) is 11.9 Å². The second-order valence-electron chi connectivity index (χ2n) is 6.58. The zero-order valence-corrected chi connectivity index (χ0v) is 15.2. The van der Waals surface area contributed by atoms with Crippen LogP contribution in [-0.4, -0.2) is 26.6 Å². The van der Waals surface area contributed by atoms with Gasteiger partial charge in [0.05, 0.1) is 12.7 Å². The number of rotatable bonds is 6. The predicted octanol–water partition coefficient (Wildman–Crippen LogP) is 3.10. The zero-order valence-electron chi connectivity index (χ0n) is 14.4. The maximum Gasteiger partial charge on any atom is 0.231 e. The summed E-state index contributed by atoms with van der Waals surface area (Å²) in [5.41, 5.74) is 3.47. The third kappa shape index (κ3) is 4.82. The molecule has 2 aromatic rings. The van der Waals surface area contributed by atoms with Gasteiger partial charge >= 0.3 is 0 Å². The van der Waals surface area contributed by atoms with Gasteiger partial charge in [-0.05, 0) is 49.6 Å². The summed E-state index contributed by atoms with van der Waals surface area (Å²) in [6.07, 6.45) is 3.48. The molecule has 0 aromatic heterocycles. The van der Waals surface area contributed by atoms with Crippen molar-refractivity contribution < 1.29 is 13.2 Å². The molecule has 25 heavy (non-hydrogen) atoms. The van der Waals surface area contributed by atoms with E-state index in [1.165, 1.54) is 5.56 Å². The van der Waals surface area contributed by atoms with Crippen LogP contribution >= 0.6 is 0 Å². The number of hydrogen-bond donors (Lipinski definition) is 1. The highest BCUT2D eigenvalue weighted by molar-refractivity contribution is 7.92. The molecule has 0 aliphatic heterocycles. The van der Waals surface area contributed by atoms with Gasteiger partial charge in [0.25, 0.3) is 0 Å². The number of anilines is 2. The van der Waals surface area contributed by atoms with Crippen molar-refractivity contribution in [1.82, 2.24) is 0 Å². The van der Waals surface area contributed by atoms with Gasteiger partial charge in [0.2, 0.25) is 15.9 Å². The molecule has 0 heterocycles. The van der Waals surface area contributed by atoms with Crippen molar-refractivity contribution in [3.8, 4) is 0 Å². The van der Waals surface area contributed by atoms with Crippen LogP contribution in [0.15, 0.2) is 48.5 Å². The Kier molecular flexibility index (Phi) is 4.81. The van der Waals surface area contributed by atoms with E-state index in [4.69, 9.17) is 0 Å². The van der Waals surface area contributed by atoms with Crippen LogP contribution in [0.5, 0.6) is 0 Å². The third-order valence-corrected chi connectivity index (χ3v) is 4.71. The van der Waals surface area contributed by atoms with Gasteiger partial charge in [-0.3, -0.25) is 9.52 Å². The minimum Gasteiger partial charge on any atom is -0.309 e. The molecule has 6 heteroatoms. The summed E-state index contributed by atoms with van der Waals surface area (Å²) >= 11 is 0. The fourth-order valence-corrected chi connectivity index (χ4v) is 3.33. The highest BCUT2D eigenvalue weighted by atomic mass is 32.2. The third-order valence-electron chi connectivity index (χ3n) is 4.11. The highest BCUT2D eigenvalue weighted by Crippen LogP contribution is 2.33. The Labute approximate surface area is 148 Å². The van der Waals surface area contributed by atoms with Crippen molar-refractivity contribution in [2.24, 2.45) is 0 Å². The number of sulfonamides is 1. The summed E-state index contributed by atoms with van der Waals surface area (Å²) in [6.45, 7) is 2.02. The second-order valence-corrected chi connectivity index (χ2v) is 8.33. The Balaban J connectivity index is 1.76. The maximum absolute atomic E-state index is 12.8. The van der Waals surface area contributed by atoms with Crippen molar-refractivity contribution in [1.29, 1.82) is 0 Å². The molecular formula is C19H22N2O3S. The van der Waals surface area contributed by atoms with Crippen molar-refractivity contribution in [2.75, 3.05) is 15.9 Å². The van der Waals surface area contributed by atoms with E-state index in [1.54, 1.807) is 24.3 Å². The number of amides is 1. The molecule has 1 aliphatic carbocycles. The monoisotopic (exact) mass is 358 g/mol. The molecule has 0 saturated heterocycles. The molecule has 1 aliphatic rings. The lowest BCUT2D eigenvalue weighted by atomic mass is 10.1. The number of nitrogens with zero attached hydrogens (tertiary/aromatic N) is 1. The molecule has 132 valence electrons. The van der Waals surface area contributed by atoms with Gasteiger partial charge in [-0.2, -0.15) is 0 Å². The molecule has 1 saturated carbocycles. The average Bonchev–Trinajstić information content (AvgIpc) is 3.35. The topological polar surface area (TPSA) is 66.5 Å². The van der Waals surface area contributed by atoms with Crippen LogP contribution < -0.4 is 9.62 Å². The number of benzene rings is 2. The minimum absolute atomic E-state index is 0.0650. The van der Waals surface area contributed by atoms with Gasteiger partial charge in [0.1, 0.15) is 0 Å². The van der Waals surface area contributed by atoms with Crippen LogP contribution in [-0.2, 0) is 21.2 Å². The Morgan fingerprint density at radius 2 is 1.68 bits per heavy atom. The first-order valence-corrected chi connectivity index (χ1v) is 10.2. The van der Waals surface area contributed by atoms with E-state index in [1.807, 2.05) is 36.1 Å². The molecule has 2 aromatic carbocycles. The van der Waals surface area contributed by atoms with Gasteiger partial charge < -0.3 is 4.90 Å². The molecule has 5 nitrogen and oxygen atoms in total. The summed E-state index contributed by atoms with van der Waals surface area (Å²) in [7, 11) is -3.31. The first-order valence-electron chi connectivity index (χ1n) is 8.27. The summed E-state index contributed by atoms with van der Waals surface area (Å²) in [6, 6.07) is 15.2. The average molecular weight is 358 g/mol. The fraction of sp³-hybridized carbons (Fsp3) is 0.316. The van der Waals surface area contributed by atoms with Crippen LogP contribution in [0.1, 0.15) is 24.0 Å². The van der Waals surface area contributed by atoms with Gasteiger partial charge in [0, 0.05) is 17.4 Å². The standard InChI is InChI=1S/C19H22N2O3S/c1-14-3-5-15(6-4-14)13-19(22)21(18-11-12-18)17-9-7-16(8-10-17)20-25(2,23)24/h3-10,18,20H,11-13H2,1-2H3. The lowest BCUT2D eigenvalue weighted by molar-refractivity contribution is -0.118. The lowest BCUT2D eigenvalue weighted by Gasteiger charge is -2.23. The molecule has 1 N–H and O–H groups in total. The largest absolute Gasteiger partial charge is 0.309 e. The fourth-order valence-electron chi connectivity index (χ4n) is 2.76. The predicted molar refractivity (Wildman–Crippen MR) is 100 cm³/mol. The summed E-state index contributed by atoms with van der Waals surface area (Å²) in [5, 5.41) is 0. The van der Waals surface area contributed by atoms with E-state index < -0.39 is 10.0 Å². The van der Waals surface area contributed by atoms with Crippen LogP contribution in [0.4, 0.5) is 11.4 Å². The maximum atomic E-state index is 12.8. The Hall–Kier alpha value is -2.34. The van der Waals surface area contributed by atoms with E-state index in [9.17, 15) is 13.2 Å². The number of nitrogens with one attached hydrogen (secondary N) is 1. The summed E-state index contributed by atoms with van der Waals surface area (Å²) in [5.74, 6) is 0.0650. The summed E-state index contributed by atoms with van der Waals surface area (Å²) < 4.78 is 25.0. The van der Waals surface area contributed by atoms with Crippen LogP contribution in [0.25, 0.3) is 0 Å². The van der Waals surface area contributed by atoms with Crippen LogP contribution in [0.2, 0.25) is 0 Å². The first-order chi connectivity index (χ1) is 11.8. The second kappa shape index (κ2) is 6.88. The molecular weight excluding hydrogens is 336 g/mol. The normalized spacial score (nSPS) is 14.2. The molecule has 3 rings (SSSR count). The summed E-state index contributed by atoms with van der Waals surface area (Å²) in [4.78, 5) is 14.6. The smallest absolute Gasteiger partial charge is 0.231 e. The minimum atomic E-state index is -3.31. The van der Waals surface area contributed by atoms with Gasteiger partial charge in [-0.15, -0.1) is 0 Å². The van der Waals surface area contributed by atoms with Crippen molar-refractivity contribution >= 4 is 27.3 Å². The first kappa shape index (κ1) is 17.5. The number of hydrogen-bond acceptors (Lipinski definition) is 3. The molecule has 0 bridgehead atoms. The van der Waals surface area contributed by atoms with Crippen LogP contribution in [0, 0.1) is 6.92 Å². The SMILES string of the molecule is Cc1ccc(CC(=O)N(c2ccc(NS(C)(=O)=O)cc2)C2CC2)cc1. The molecule has 0 unspecified atom stereocenters. The molecule has 1 fully saturated rings. The van der Waals surface area contributed by atoms with Crippen molar-refractivity contribution in [3.05, 3.63) is 59.7 Å². The molecule has 0 atom stereocenters. The lowest BCUT2D eigenvalue weighted by Crippen LogP contribution is -2.34. The van der Waals surface area contributed by atoms with Gasteiger partial charge in [-0.1, -0.05) is 29.8 Å². The highest BCUT2D eigenvalue weighted by Gasteiger charge is 2.33. The van der Waals surface area contributed by atoms with Crippen molar-refractivity contribution in [3.63, 3.8) is 0 Å². The van der Waals surface area contributed by atoms with Gasteiger partial charge in [0.15, 0.2) is 0 Å². The molecule has 0 spiro atoms. The number of aryl methyl sites for hydroxylation is 1. The number of carbonyl (C=O) groups is 1. The Bertz CT molecular complexity index is 855. The van der Waals surface area contributed by atoms with E-state index in [2.05, 4.69) is 4.72 Å². The van der Waals surface area contributed by atoms with Crippen molar-refractivity contribution in [2.45, 2.75) is 32.2 Å². The van der Waals surface area contributed by atoms with Gasteiger partial charge in [-0.25, -0.2) is 8.42 Å². The zero-order chi connectivity index (χ0) is 18.0. The Morgan fingerprint density at radius 1 is 1.08 bits per heavy atom. The van der Waals surface area contributed by atoms with E-state index in [0.717, 1.165) is 30.3 Å². The Morgan fingerprint density at radius 3 is 2.20 bits per heavy atom.